The molecule has 1 atom stereocenters. The summed E-state index contributed by atoms with van der Waals surface area (Å²) in [6.45, 7) is 0. The minimum Gasteiger partial charge on any atom is -0.448 e. The highest BCUT2D eigenvalue weighted by molar-refractivity contribution is 6.00. The van der Waals surface area contributed by atoms with E-state index >= 15 is 0 Å². The zero-order valence-electron chi connectivity index (χ0n) is 14.0. The number of nitrogens with one attached hydrogen (secondary N) is 2. The van der Waals surface area contributed by atoms with E-state index in [-0.39, 0.29) is 11.8 Å². The molecule has 132 valence electrons. The van der Waals surface area contributed by atoms with Crippen molar-refractivity contribution >= 4 is 23.5 Å². The van der Waals surface area contributed by atoms with Crippen molar-refractivity contribution in [3.05, 3.63) is 65.2 Å². The minimum absolute atomic E-state index is 0.108. The number of hydrogen-bond acceptors (Lipinski definition) is 4. The maximum Gasteiger partial charge on any atom is 0.339 e. The second kappa shape index (κ2) is 6.63. The van der Waals surface area contributed by atoms with E-state index in [4.69, 9.17) is 4.74 Å². The van der Waals surface area contributed by atoms with Crippen LogP contribution in [0.4, 0.5) is 5.69 Å². The van der Waals surface area contributed by atoms with E-state index in [0.29, 0.717) is 29.3 Å². The van der Waals surface area contributed by atoms with Crippen LogP contribution in [-0.4, -0.2) is 29.9 Å². The highest BCUT2D eigenvalue weighted by Crippen LogP contribution is 2.22. The highest BCUT2D eigenvalue weighted by atomic mass is 16.5. The third-order valence-electron chi connectivity index (χ3n) is 4.51. The monoisotopic (exact) mass is 350 g/mol. The fourth-order valence-electron chi connectivity index (χ4n) is 2.90. The number of cyclic esters (lactones) is 1. The molecular weight excluding hydrogens is 332 g/mol. The van der Waals surface area contributed by atoms with E-state index in [9.17, 15) is 14.4 Å². The second-order valence-electron chi connectivity index (χ2n) is 6.57. The largest absolute Gasteiger partial charge is 0.448 e. The summed E-state index contributed by atoms with van der Waals surface area (Å²) in [5, 5.41) is 5.65. The van der Waals surface area contributed by atoms with E-state index in [2.05, 4.69) is 10.6 Å². The molecule has 6 heteroatoms. The Hall–Kier alpha value is -3.15. The molecule has 0 bridgehead atoms. The van der Waals surface area contributed by atoms with Crippen LogP contribution in [0.3, 0.4) is 0 Å². The lowest BCUT2D eigenvalue weighted by atomic mass is 9.98. The second-order valence-corrected chi connectivity index (χ2v) is 6.57. The molecule has 1 heterocycles. The van der Waals surface area contributed by atoms with Crippen LogP contribution in [-0.2, 0) is 16.0 Å². The molecule has 1 aliphatic heterocycles. The molecule has 26 heavy (non-hydrogen) atoms. The first-order valence-corrected chi connectivity index (χ1v) is 8.61. The molecule has 6 nitrogen and oxygen atoms in total. The molecule has 2 amide bonds. The molecule has 0 saturated heterocycles. The van der Waals surface area contributed by atoms with E-state index < -0.39 is 12.1 Å². The molecule has 0 spiro atoms. The molecule has 2 aromatic rings. The summed E-state index contributed by atoms with van der Waals surface area (Å²) in [6, 6.07) is 14.1. The minimum atomic E-state index is -0.866. The summed E-state index contributed by atoms with van der Waals surface area (Å²) in [5.74, 6) is -0.981. The maximum atomic E-state index is 12.4. The number of carbonyl (C=O) groups excluding carboxylic acids is 3. The number of hydrogen-bond donors (Lipinski definition) is 2. The van der Waals surface area contributed by atoms with Crippen molar-refractivity contribution in [2.45, 2.75) is 31.4 Å². The molecule has 2 N–H and O–H groups in total. The van der Waals surface area contributed by atoms with Gasteiger partial charge in [0, 0.05) is 23.7 Å². The molecule has 0 unspecified atom stereocenters. The van der Waals surface area contributed by atoms with Gasteiger partial charge in [0.1, 0.15) is 0 Å². The average molecular weight is 350 g/mol. The van der Waals surface area contributed by atoms with Crippen LogP contribution in [0.25, 0.3) is 0 Å². The Morgan fingerprint density at radius 1 is 1.00 bits per heavy atom. The molecule has 0 aromatic heterocycles. The molecule has 1 aliphatic carbocycles. The van der Waals surface area contributed by atoms with Gasteiger partial charge in [-0.2, -0.15) is 0 Å². The summed E-state index contributed by atoms with van der Waals surface area (Å²) in [7, 11) is 0. The third-order valence-corrected chi connectivity index (χ3v) is 4.51. The topological polar surface area (TPSA) is 84.5 Å². The van der Waals surface area contributed by atoms with Gasteiger partial charge in [0.15, 0.2) is 6.10 Å². The van der Waals surface area contributed by atoms with Crippen molar-refractivity contribution in [3.63, 3.8) is 0 Å². The highest BCUT2D eigenvalue weighted by Gasteiger charge is 2.31. The number of fused-ring (bicyclic) bond motifs is 1. The maximum absolute atomic E-state index is 12.4. The Labute approximate surface area is 150 Å². The number of esters is 1. The van der Waals surface area contributed by atoms with Crippen molar-refractivity contribution in [1.82, 2.24) is 5.32 Å². The van der Waals surface area contributed by atoms with E-state index in [0.717, 1.165) is 18.4 Å². The van der Waals surface area contributed by atoms with Gasteiger partial charge >= 0.3 is 5.97 Å². The van der Waals surface area contributed by atoms with Crippen molar-refractivity contribution in [2.24, 2.45) is 0 Å². The van der Waals surface area contributed by atoms with Gasteiger partial charge in [-0.25, -0.2) is 4.79 Å². The van der Waals surface area contributed by atoms with Crippen molar-refractivity contribution < 1.29 is 19.1 Å². The smallest absolute Gasteiger partial charge is 0.339 e. The first kappa shape index (κ1) is 16.3. The quantitative estimate of drug-likeness (QED) is 0.829. The third kappa shape index (κ3) is 3.44. The number of benzene rings is 2. The number of rotatable bonds is 4. The Morgan fingerprint density at radius 3 is 2.46 bits per heavy atom. The van der Waals surface area contributed by atoms with Crippen LogP contribution in [0.2, 0.25) is 0 Å². The first-order valence-electron chi connectivity index (χ1n) is 8.61. The van der Waals surface area contributed by atoms with Crippen LogP contribution in [0.1, 0.15) is 39.1 Å². The molecule has 2 aliphatic rings. The number of carbonyl (C=O) groups is 3. The molecule has 2 aromatic carbocycles. The zero-order valence-corrected chi connectivity index (χ0v) is 14.0. The SMILES string of the molecule is O=C(NC1CC1)c1ccc(NC(=O)[C@H]2Cc3ccccc3C(=O)O2)cc1. The van der Waals surface area contributed by atoms with Crippen LogP contribution < -0.4 is 10.6 Å². The number of amides is 2. The van der Waals surface area contributed by atoms with Gasteiger partial charge in [-0.05, 0) is 48.7 Å². The molecular formula is C20H18N2O4. The van der Waals surface area contributed by atoms with E-state index in [1.807, 2.05) is 12.1 Å². The summed E-state index contributed by atoms with van der Waals surface area (Å²) in [6.07, 6.45) is 1.54. The lowest BCUT2D eigenvalue weighted by Crippen LogP contribution is -2.37. The molecule has 0 radical (unpaired) electrons. The lowest BCUT2D eigenvalue weighted by Gasteiger charge is -2.23. The van der Waals surface area contributed by atoms with Crippen LogP contribution >= 0.6 is 0 Å². The summed E-state index contributed by atoms with van der Waals surface area (Å²) in [5.41, 5.74) is 2.40. The average Bonchev–Trinajstić information content (AvgIpc) is 3.46. The van der Waals surface area contributed by atoms with Gasteiger partial charge in [0.25, 0.3) is 11.8 Å². The van der Waals surface area contributed by atoms with Crippen molar-refractivity contribution in [2.75, 3.05) is 5.32 Å². The Bertz CT molecular complexity index is 872. The van der Waals surface area contributed by atoms with Crippen LogP contribution in [0.5, 0.6) is 0 Å². The van der Waals surface area contributed by atoms with Gasteiger partial charge in [-0.15, -0.1) is 0 Å². The van der Waals surface area contributed by atoms with Crippen LogP contribution in [0.15, 0.2) is 48.5 Å². The summed E-state index contributed by atoms with van der Waals surface area (Å²) >= 11 is 0. The number of ether oxygens (including phenoxy) is 1. The lowest BCUT2D eigenvalue weighted by molar-refractivity contribution is -0.125. The molecule has 1 fully saturated rings. The summed E-state index contributed by atoms with van der Waals surface area (Å²) in [4.78, 5) is 36.4. The Balaban J connectivity index is 1.40. The van der Waals surface area contributed by atoms with Gasteiger partial charge in [0.05, 0.1) is 5.56 Å². The van der Waals surface area contributed by atoms with Crippen molar-refractivity contribution in [1.29, 1.82) is 0 Å². The van der Waals surface area contributed by atoms with E-state index in [1.165, 1.54) is 0 Å². The predicted octanol–water partition coefficient (Wildman–Crippen LogP) is 2.30. The fraction of sp³-hybridized carbons (Fsp3) is 0.250. The van der Waals surface area contributed by atoms with Gasteiger partial charge in [-0.3, -0.25) is 9.59 Å². The molecule has 1 saturated carbocycles. The molecule has 4 rings (SSSR count). The van der Waals surface area contributed by atoms with Crippen LogP contribution in [0, 0.1) is 0 Å². The summed E-state index contributed by atoms with van der Waals surface area (Å²) < 4.78 is 5.24. The zero-order chi connectivity index (χ0) is 18.1. The van der Waals surface area contributed by atoms with Gasteiger partial charge in [-0.1, -0.05) is 18.2 Å². The normalized spacial score (nSPS) is 18.5. The Morgan fingerprint density at radius 2 is 1.73 bits per heavy atom. The fourth-order valence-corrected chi connectivity index (χ4v) is 2.90. The number of anilines is 1. The van der Waals surface area contributed by atoms with Gasteiger partial charge < -0.3 is 15.4 Å². The van der Waals surface area contributed by atoms with Crippen molar-refractivity contribution in [3.8, 4) is 0 Å². The standard InChI is InChI=1S/C20H18N2O4/c23-18(21-15-9-10-15)12-5-7-14(8-6-12)22-19(24)17-11-13-3-1-2-4-16(13)20(25)26-17/h1-8,15,17H,9-11H2,(H,21,23)(H,22,24)/t17-/m1/s1. The van der Waals surface area contributed by atoms with E-state index in [1.54, 1.807) is 36.4 Å². The first-order chi connectivity index (χ1) is 12.6. The van der Waals surface area contributed by atoms with Gasteiger partial charge in [0.2, 0.25) is 0 Å². The Kier molecular flexibility index (Phi) is 4.16. The predicted molar refractivity (Wildman–Crippen MR) is 94.9 cm³/mol.